The highest BCUT2D eigenvalue weighted by atomic mass is 79.9. The van der Waals surface area contributed by atoms with Gasteiger partial charge in [0.05, 0.1) is 15.8 Å². The summed E-state index contributed by atoms with van der Waals surface area (Å²) < 4.78 is 5.37. The molecule has 1 heterocycles. The van der Waals surface area contributed by atoms with E-state index in [1.165, 1.54) is 0 Å². The van der Waals surface area contributed by atoms with E-state index in [0.717, 1.165) is 5.56 Å². The molecule has 1 saturated heterocycles. The fourth-order valence-electron chi connectivity index (χ4n) is 1.81. The van der Waals surface area contributed by atoms with Gasteiger partial charge < -0.3 is 4.74 Å². The highest BCUT2D eigenvalue weighted by Crippen LogP contribution is 2.42. The van der Waals surface area contributed by atoms with E-state index in [4.69, 9.17) is 16.3 Å². The Hall–Kier alpha value is 0.1000. The van der Waals surface area contributed by atoms with E-state index < -0.39 is 5.60 Å². The highest BCUT2D eigenvalue weighted by molar-refractivity contribution is 9.12. The van der Waals surface area contributed by atoms with Gasteiger partial charge in [-0.1, -0.05) is 55.6 Å². The van der Waals surface area contributed by atoms with Gasteiger partial charge in [0.15, 0.2) is 11.4 Å². The number of Topliss-reactive ketones (excluding diaryl/α,β-unsaturated/α-hetero) is 1. The van der Waals surface area contributed by atoms with Gasteiger partial charge in [-0.15, -0.1) is 0 Å². The van der Waals surface area contributed by atoms with Crippen LogP contribution in [-0.4, -0.2) is 22.3 Å². The van der Waals surface area contributed by atoms with Crippen LogP contribution in [0.25, 0.3) is 0 Å². The molecule has 1 aliphatic heterocycles. The van der Waals surface area contributed by atoms with Gasteiger partial charge in [0.25, 0.3) is 0 Å². The zero-order chi connectivity index (χ0) is 13.5. The third-order valence-corrected chi connectivity index (χ3v) is 6.29. The third kappa shape index (κ3) is 2.67. The maximum absolute atomic E-state index is 12.3. The van der Waals surface area contributed by atoms with Crippen molar-refractivity contribution >= 4 is 49.2 Å². The van der Waals surface area contributed by atoms with Gasteiger partial charge in [-0.2, -0.15) is 0 Å². The number of hydrogen-bond donors (Lipinski definition) is 0. The number of carbonyl (C=O) groups is 1. The summed E-state index contributed by atoms with van der Waals surface area (Å²) in [5.41, 5.74) is 0.360. The van der Waals surface area contributed by atoms with Crippen LogP contribution >= 0.6 is 43.5 Å². The molecule has 1 aromatic rings. The van der Waals surface area contributed by atoms with E-state index in [1.54, 1.807) is 0 Å². The standard InChI is InChI=1S/C13H13Br2ClO2/c1-7-13(2,18-7)12(17)11(15)10(14)8-3-5-9(16)6-4-8/h3-7,10-11H,1-2H3/t7-,10-,11-,13-/m0/s1. The average Bonchev–Trinajstić information content (AvgIpc) is 2.97. The molecule has 0 amide bonds. The first-order valence-corrected chi connectivity index (χ1v) is 7.83. The molecule has 0 spiro atoms. The van der Waals surface area contributed by atoms with Crippen LogP contribution in [-0.2, 0) is 9.53 Å². The van der Waals surface area contributed by atoms with E-state index >= 15 is 0 Å². The molecule has 18 heavy (non-hydrogen) atoms. The van der Waals surface area contributed by atoms with E-state index in [9.17, 15) is 4.79 Å². The molecule has 0 aromatic heterocycles. The summed E-state index contributed by atoms with van der Waals surface area (Å²) in [5.74, 6) is 0.0619. The molecule has 0 unspecified atom stereocenters. The molecule has 0 N–H and O–H groups in total. The second-order valence-electron chi connectivity index (χ2n) is 4.59. The van der Waals surface area contributed by atoms with Gasteiger partial charge in [-0.3, -0.25) is 4.79 Å². The summed E-state index contributed by atoms with van der Waals surface area (Å²) in [4.78, 5) is 11.9. The van der Waals surface area contributed by atoms with Crippen LogP contribution in [0.2, 0.25) is 5.02 Å². The monoisotopic (exact) mass is 394 g/mol. The Morgan fingerprint density at radius 2 is 1.89 bits per heavy atom. The van der Waals surface area contributed by atoms with Gasteiger partial charge in [-0.25, -0.2) is 0 Å². The first kappa shape index (κ1) is 14.5. The molecule has 5 heteroatoms. The van der Waals surface area contributed by atoms with Crippen LogP contribution in [0.1, 0.15) is 24.2 Å². The van der Waals surface area contributed by atoms with Crippen LogP contribution in [0.4, 0.5) is 0 Å². The minimum Gasteiger partial charge on any atom is -0.358 e. The minimum atomic E-state index is -0.646. The van der Waals surface area contributed by atoms with Crippen molar-refractivity contribution in [2.45, 2.75) is 35.2 Å². The fourth-order valence-corrected chi connectivity index (χ4v) is 3.24. The normalized spacial score (nSPS) is 29.7. The van der Waals surface area contributed by atoms with Crippen molar-refractivity contribution in [1.82, 2.24) is 0 Å². The first-order valence-electron chi connectivity index (χ1n) is 5.62. The molecule has 0 aliphatic carbocycles. The van der Waals surface area contributed by atoms with Gasteiger partial charge in [0.2, 0.25) is 0 Å². The van der Waals surface area contributed by atoms with Crippen molar-refractivity contribution in [2.75, 3.05) is 0 Å². The number of halogens is 3. The van der Waals surface area contributed by atoms with Crippen molar-refractivity contribution in [3.63, 3.8) is 0 Å². The van der Waals surface area contributed by atoms with Crippen molar-refractivity contribution in [3.05, 3.63) is 34.9 Å². The molecule has 4 atom stereocenters. The third-order valence-electron chi connectivity index (χ3n) is 3.33. The van der Waals surface area contributed by atoms with Crippen LogP contribution in [0, 0.1) is 0 Å². The lowest BCUT2D eigenvalue weighted by Gasteiger charge is -2.18. The molecule has 98 valence electrons. The summed E-state index contributed by atoms with van der Waals surface area (Å²) in [5, 5.41) is 0.682. The van der Waals surface area contributed by atoms with Crippen LogP contribution in [0.5, 0.6) is 0 Å². The van der Waals surface area contributed by atoms with E-state index in [-0.39, 0.29) is 21.5 Å². The predicted molar refractivity (Wildman–Crippen MR) is 79.8 cm³/mol. The smallest absolute Gasteiger partial charge is 0.182 e. The Morgan fingerprint density at radius 1 is 1.39 bits per heavy atom. The molecule has 0 saturated carbocycles. The Kier molecular flexibility index (Phi) is 4.22. The maximum atomic E-state index is 12.3. The van der Waals surface area contributed by atoms with Crippen molar-refractivity contribution in [3.8, 4) is 0 Å². The molecular formula is C13H13Br2ClO2. The molecule has 1 aliphatic rings. The fraction of sp³-hybridized carbons (Fsp3) is 0.462. The predicted octanol–water partition coefficient (Wildman–Crippen LogP) is 4.29. The Morgan fingerprint density at radius 3 is 2.33 bits per heavy atom. The van der Waals surface area contributed by atoms with Crippen LogP contribution < -0.4 is 0 Å². The molecule has 2 rings (SSSR count). The molecule has 0 bridgehead atoms. The van der Waals surface area contributed by atoms with Gasteiger partial charge in [-0.05, 0) is 31.5 Å². The largest absolute Gasteiger partial charge is 0.358 e. The number of alkyl halides is 2. The van der Waals surface area contributed by atoms with E-state index in [1.807, 2.05) is 38.1 Å². The SMILES string of the molecule is C[C@@H]1O[C@]1(C)C(=O)[C@@H](Br)[C@@H](Br)c1ccc(Cl)cc1. The number of carbonyl (C=O) groups excluding carboxylic acids is 1. The number of epoxide rings is 1. The summed E-state index contributed by atoms with van der Waals surface area (Å²) in [6.07, 6.45) is -0.00466. The number of rotatable bonds is 4. The lowest BCUT2D eigenvalue weighted by Crippen LogP contribution is -2.33. The summed E-state index contributed by atoms with van der Waals surface area (Å²) in [6, 6.07) is 7.44. The molecule has 1 aromatic carbocycles. The van der Waals surface area contributed by atoms with Crippen LogP contribution in [0.15, 0.2) is 24.3 Å². The number of ketones is 1. The maximum Gasteiger partial charge on any atom is 0.182 e. The molecule has 1 fully saturated rings. The quantitative estimate of drug-likeness (QED) is 0.561. The van der Waals surface area contributed by atoms with Crippen molar-refractivity contribution in [1.29, 1.82) is 0 Å². The zero-order valence-electron chi connectivity index (χ0n) is 9.99. The molecule has 2 nitrogen and oxygen atoms in total. The summed E-state index contributed by atoms with van der Waals surface area (Å²) in [7, 11) is 0. The van der Waals surface area contributed by atoms with Crippen molar-refractivity contribution < 1.29 is 9.53 Å². The Labute approximate surface area is 128 Å². The summed E-state index contributed by atoms with van der Waals surface area (Å²) in [6.45, 7) is 3.74. The molecule has 0 radical (unpaired) electrons. The van der Waals surface area contributed by atoms with Gasteiger partial charge >= 0.3 is 0 Å². The van der Waals surface area contributed by atoms with Gasteiger partial charge in [0, 0.05) is 5.02 Å². The molecular weight excluding hydrogens is 383 g/mol. The number of hydrogen-bond acceptors (Lipinski definition) is 2. The van der Waals surface area contributed by atoms with E-state index in [0.29, 0.717) is 5.02 Å². The van der Waals surface area contributed by atoms with Gasteiger partial charge in [0.1, 0.15) is 0 Å². The van der Waals surface area contributed by atoms with E-state index in [2.05, 4.69) is 31.9 Å². The zero-order valence-corrected chi connectivity index (χ0v) is 13.9. The second-order valence-corrected chi connectivity index (χ2v) is 7.00. The second kappa shape index (κ2) is 5.23. The Balaban J connectivity index is 2.11. The lowest BCUT2D eigenvalue weighted by molar-refractivity contribution is -0.122. The van der Waals surface area contributed by atoms with Crippen molar-refractivity contribution in [2.24, 2.45) is 0 Å². The topological polar surface area (TPSA) is 29.6 Å². The number of benzene rings is 1. The minimum absolute atomic E-state index is 0.00466. The summed E-state index contributed by atoms with van der Waals surface area (Å²) >= 11 is 12.9. The average molecular weight is 397 g/mol. The lowest BCUT2D eigenvalue weighted by atomic mass is 9.97. The Bertz CT molecular complexity index is 463. The first-order chi connectivity index (χ1) is 8.36. The highest BCUT2D eigenvalue weighted by Gasteiger charge is 2.57. The van der Waals surface area contributed by atoms with Crippen LogP contribution in [0.3, 0.4) is 0 Å². The number of ether oxygens (including phenoxy) is 1.